The third-order valence-corrected chi connectivity index (χ3v) is 1.21. The Morgan fingerprint density at radius 3 is 3.11 bits per heavy atom. The van der Waals surface area contributed by atoms with Crippen molar-refractivity contribution in [1.29, 1.82) is 0 Å². The van der Waals surface area contributed by atoms with Crippen LogP contribution in [0.4, 0.5) is 0 Å². The summed E-state index contributed by atoms with van der Waals surface area (Å²) in [5.41, 5.74) is 0. The van der Waals surface area contributed by atoms with Gasteiger partial charge in [-0.15, -0.1) is 0 Å². The zero-order chi connectivity index (χ0) is 6.53. The number of hydrogen-bond donors (Lipinski definition) is 0. The van der Waals surface area contributed by atoms with Crippen molar-refractivity contribution in [3.63, 3.8) is 0 Å². The van der Waals surface area contributed by atoms with Crippen LogP contribution in [0.5, 0.6) is 0 Å². The van der Waals surface area contributed by atoms with Crippen LogP contribution in [0, 0.1) is 0 Å². The van der Waals surface area contributed by atoms with Gasteiger partial charge in [-0.2, -0.15) is 0 Å². The molecule has 1 unspecified atom stereocenters. The number of hydrogen-bond acceptors (Lipinski definition) is 3. The summed E-state index contributed by atoms with van der Waals surface area (Å²) in [6.07, 6.45) is 0.832. The lowest BCUT2D eigenvalue weighted by Crippen LogP contribution is -2.13. The van der Waals surface area contributed by atoms with E-state index < -0.39 is 0 Å². The summed E-state index contributed by atoms with van der Waals surface area (Å²) >= 11 is 0. The topological polar surface area (TPSA) is 30.8 Å². The Morgan fingerprint density at radius 2 is 2.33 bits per heavy atom. The van der Waals surface area contributed by atoms with Crippen molar-refractivity contribution in [2.75, 3.05) is 19.8 Å². The number of nitrogens with zero attached hydrogens (tertiary/aromatic N) is 1. The van der Waals surface area contributed by atoms with Gasteiger partial charge < -0.3 is 9.47 Å². The number of rotatable bonds is 1. The second kappa shape index (κ2) is 3.58. The molecule has 1 rings (SSSR count). The van der Waals surface area contributed by atoms with Gasteiger partial charge in [0.2, 0.25) is 0 Å². The maximum Gasteiger partial charge on any atom is 0.170 e. The molecule has 1 saturated heterocycles. The van der Waals surface area contributed by atoms with Gasteiger partial charge >= 0.3 is 0 Å². The SMILES string of the molecule is C=NC1COCCCO1. The highest BCUT2D eigenvalue weighted by atomic mass is 16.5. The zero-order valence-electron chi connectivity index (χ0n) is 5.38. The number of aliphatic imine (C=N–C) groups is 1. The molecule has 0 aliphatic carbocycles. The summed E-state index contributed by atoms with van der Waals surface area (Å²) in [5, 5.41) is 0. The Kier molecular flexibility index (Phi) is 2.67. The Hall–Kier alpha value is -0.410. The molecule has 3 heteroatoms. The van der Waals surface area contributed by atoms with Crippen molar-refractivity contribution in [1.82, 2.24) is 0 Å². The fraction of sp³-hybridized carbons (Fsp3) is 0.833. The molecule has 1 aliphatic rings. The zero-order valence-corrected chi connectivity index (χ0v) is 5.38. The molecule has 1 fully saturated rings. The lowest BCUT2D eigenvalue weighted by atomic mass is 10.5. The van der Waals surface area contributed by atoms with E-state index in [4.69, 9.17) is 9.47 Å². The van der Waals surface area contributed by atoms with Gasteiger partial charge in [-0.3, -0.25) is 4.99 Å². The standard InChI is InChI=1S/C6H11NO2/c1-7-6-5-8-3-2-4-9-6/h6H,1-5H2. The van der Waals surface area contributed by atoms with Crippen LogP contribution < -0.4 is 0 Å². The molecule has 0 amide bonds. The molecule has 0 radical (unpaired) electrons. The molecule has 1 aliphatic heterocycles. The molecule has 1 heterocycles. The fourth-order valence-electron chi connectivity index (χ4n) is 0.718. The highest BCUT2D eigenvalue weighted by Gasteiger charge is 2.08. The predicted octanol–water partition coefficient (Wildman–Crippen LogP) is 0.450. The van der Waals surface area contributed by atoms with E-state index >= 15 is 0 Å². The molecule has 52 valence electrons. The first-order valence-electron chi connectivity index (χ1n) is 3.08. The summed E-state index contributed by atoms with van der Waals surface area (Å²) < 4.78 is 10.3. The van der Waals surface area contributed by atoms with Gasteiger partial charge in [-0.05, 0) is 13.1 Å². The van der Waals surface area contributed by atoms with E-state index in [1.807, 2.05) is 0 Å². The Morgan fingerprint density at radius 1 is 1.44 bits per heavy atom. The smallest absolute Gasteiger partial charge is 0.170 e. The molecule has 9 heavy (non-hydrogen) atoms. The van der Waals surface area contributed by atoms with E-state index in [1.165, 1.54) is 0 Å². The molecule has 0 N–H and O–H groups in total. The second-order valence-corrected chi connectivity index (χ2v) is 1.94. The second-order valence-electron chi connectivity index (χ2n) is 1.94. The third-order valence-electron chi connectivity index (χ3n) is 1.21. The van der Waals surface area contributed by atoms with E-state index in [0.29, 0.717) is 6.61 Å². The molecule has 0 bridgehead atoms. The number of ether oxygens (including phenoxy) is 2. The average molecular weight is 129 g/mol. The Labute approximate surface area is 54.7 Å². The summed E-state index contributed by atoms with van der Waals surface area (Å²) in [5.74, 6) is 0. The molecule has 0 aromatic heterocycles. The first-order chi connectivity index (χ1) is 4.43. The fourth-order valence-corrected chi connectivity index (χ4v) is 0.718. The summed E-state index contributed by atoms with van der Waals surface area (Å²) in [4.78, 5) is 3.71. The summed E-state index contributed by atoms with van der Waals surface area (Å²) in [6, 6.07) is 0. The quantitative estimate of drug-likeness (QED) is 0.481. The van der Waals surface area contributed by atoms with Gasteiger partial charge in [0.05, 0.1) is 13.2 Å². The third kappa shape index (κ3) is 2.11. The molecule has 1 atom stereocenters. The first-order valence-corrected chi connectivity index (χ1v) is 3.08. The maximum absolute atomic E-state index is 5.20. The highest BCUT2D eigenvalue weighted by Crippen LogP contribution is 2.00. The van der Waals surface area contributed by atoms with Gasteiger partial charge in [-0.25, -0.2) is 0 Å². The molecule has 0 aromatic rings. The van der Waals surface area contributed by atoms with Gasteiger partial charge in [0.25, 0.3) is 0 Å². The molecule has 0 aromatic carbocycles. The van der Waals surface area contributed by atoms with Gasteiger partial charge in [0.15, 0.2) is 6.23 Å². The normalized spacial score (nSPS) is 29.1. The molecular weight excluding hydrogens is 118 g/mol. The maximum atomic E-state index is 5.20. The van der Waals surface area contributed by atoms with E-state index in [0.717, 1.165) is 19.6 Å². The molecule has 0 saturated carbocycles. The van der Waals surface area contributed by atoms with Crippen molar-refractivity contribution in [3.05, 3.63) is 0 Å². The van der Waals surface area contributed by atoms with E-state index in [1.54, 1.807) is 0 Å². The monoisotopic (exact) mass is 129 g/mol. The largest absolute Gasteiger partial charge is 0.377 e. The summed E-state index contributed by atoms with van der Waals surface area (Å²) in [7, 11) is 0. The van der Waals surface area contributed by atoms with Gasteiger partial charge in [0.1, 0.15) is 0 Å². The average Bonchev–Trinajstić information content (AvgIpc) is 2.13. The summed E-state index contributed by atoms with van der Waals surface area (Å²) in [6.45, 7) is 5.45. The first kappa shape index (κ1) is 6.71. The van der Waals surface area contributed by atoms with Crippen LogP contribution >= 0.6 is 0 Å². The van der Waals surface area contributed by atoms with Crippen molar-refractivity contribution in [2.45, 2.75) is 12.6 Å². The lowest BCUT2D eigenvalue weighted by molar-refractivity contribution is 0.0329. The van der Waals surface area contributed by atoms with Crippen molar-refractivity contribution >= 4 is 6.72 Å². The van der Waals surface area contributed by atoms with Crippen LogP contribution in [0.25, 0.3) is 0 Å². The highest BCUT2D eigenvalue weighted by molar-refractivity contribution is 5.23. The van der Waals surface area contributed by atoms with Crippen LogP contribution in [-0.4, -0.2) is 32.8 Å². The van der Waals surface area contributed by atoms with Crippen LogP contribution in [0.3, 0.4) is 0 Å². The van der Waals surface area contributed by atoms with Crippen molar-refractivity contribution < 1.29 is 9.47 Å². The molecule has 3 nitrogen and oxygen atoms in total. The Bertz CT molecular complexity index is 87.1. The van der Waals surface area contributed by atoms with Crippen LogP contribution in [-0.2, 0) is 9.47 Å². The van der Waals surface area contributed by atoms with Crippen molar-refractivity contribution in [2.24, 2.45) is 4.99 Å². The van der Waals surface area contributed by atoms with E-state index in [-0.39, 0.29) is 6.23 Å². The molecule has 0 spiro atoms. The Balaban J connectivity index is 2.26. The lowest BCUT2D eigenvalue weighted by Gasteiger charge is -2.06. The minimum absolute atomic E-state index is 0.132. The van der Waals surface area contributed by atoms with Gasteiger partial charge in [0, 0.05) is 6.61 Å². The minimum atomic E-state index is -0.132. The van der Waals surface area contributed by atoms with E-state index in [2.05, 4.69) is 11.7 Å². The van der Waals surface area contributed by atoms with Gasteiger partial charge in [-0.1, -0.05) is 0 Å². The van der Waals surface area contributed by atoms with Crippen LogP contribution in [0.15, 0.2) is 4.99 Å². The van der Waals surface area contributed by atoms with Crippen LogP contribution in [0.2, 0.25) is 0 Å². The van der Waals surface area contributed by atoms with Crippen molar-refractivity contribution in [3.8, 4) is 0 Å². The van der Waals surface area contributed by atoms with Crippen LogP contribution in [0.1, 0.15) is 6.42 Å². The predicted molar refractivity (Wildman–Crippen MR) is 34.7 cm³/mol. The molecular formula is C6H11NO2. The van der Waals surface area contributed by atoms with E-state index in [9.17, 15) is 0 Å². The minimum Gasteiger partial charge on any atom is -0.377 e.